The normalized spacial score (nSPS) is 21.7. The second-order valence-electron chi connectivity index (χ2n) is 8.22. The van der Waals surface area contributed by atoms with E-state index in [1.54, 1.807) is 22.0 Å². The number of hydrogen-bond donors (Lipinski definition) is 0. The number of carbonyl (C=O) groups excluding carboxylic acids is 1. The van der Waals surface area contributed by atoms with Crippen LogP contribution in [0.2, 0.25) is 0 Å². The third-order valence-electron chi connectivity index (χ3n) is 6.24. The molecule has 5 heterocycles. The molecule has 30 heavy (non-hydrogen) atoms. The lowest BCUT2D eigenvalue weighted by Crippen LogP contribution is -2.35. The summed E-state index contributed by atoms with van der Waals surface area (Å²) >= 11 is 0. The highest BCUT2D eigenvalue weighted by molar-refractivity contribution is 5.94. The summed E-state index contributed by atoms with van der Waals surface area (Å²) in [5, 5.41) is 12.6. The molecule has 0 unspecified atom stereocenters. The van der Waals surface area contributed by atoms with Gasteiger partial charge in [0.15, 0.2) is 0 Å². The molecule has 154 valence electrons. The molecule has 1 fully saturated rings. The molecule has 6 rings (SSSR count). The average Bonchev–Trinajstić information content (AvgIpc) is 3.51. The molecule has 1 aromatic carbocycles. The summed E-state index contributed by atoms with van der Waals surface area (Å²) in [5.74, 6) is 0. The summed E-state index contributed by atoms with van der Waals surface area (Å²) in [4.78, 5) is 16.7. The van der Waals surface area contributed by atoms with Crippen LogP contribution in [0.1, 0.15) is 30.2 Å². The first-order chi connectivity index (χ1) is 14.7. The number of ether oxygens (including phenoxy) is 1. The molecule has 2 atom stereocenters. The van der Waals surface area contributed by atoms with Crippen LogP contribution in [-0.2, 0) is 37.3 Å². The summed E-state index contributed by atoms with van der Waals surface area (Å²) < 4.78 is 9.40. The molecular weight excluding hydrogens is 382 g/mol. The molecule has 0 aliphatic carbocycles. The van der Waals surface area contributed by atoms with Crippen molar-refractivity contribution < 1.29 is 9.53 Å². The highest BCUT2D eigenvalue weighted by Crippen LogP contribution is 2.41. The SMILES string of the molecule is CCCn1cc2c(n1)CN(c1ccc3c(c1)C[C@H]1[C@H](Cn4ccnn4)OC(=O)N31)C2. The van der Waals surface area contributed by atoms with Gasteiger partial charge in [-0.15, -0.1) is 5.10 Å². The Morgan fingerprint density at radius 3 is 2.93 bits per heavy atom. The third kappa shape index (κ3) is 2.68. The van der Waals surface area contributed by atoms with Gasteiger partial charge in [0.2, 0.25) is 0 Å². The van der Waals surface area contributed by atoms with E-state index in [9.17, 15) is 4.79 Å². The van der Waals surface area contributed by atoms with Crippen LogP contribution in [0.25, 0.3) is 0 Å². The van der Waals surface area contributed by atoms with Gasteiger partial charge >= 0.3 is 6.09 Å². The van der Waals surface area contributed by atoms with E-state index in [2.05, 4.69) is 51.2 Å². The van der Waals surface area contributed by atoms with E-state index < -0.39 is 0 Å². The molecule has 1 saturated heterocycles. The number of anilines is 2. The second-order valence-corrected chi connectivity index (χ2v) is 8.22. The molecular formula is C21H23N7O2. The van der Waals surface area contributed by atoms with Gasteiger partial charge in [-0.05, 0) is 36.6 Å². The van der Waals surface area contributed by atoms with Crippen molar-refractivity contribution in [2.24, 2.45) is 0 Å². The minimum Gasteiger partial charge on any atom is -0.442 e. The molecule has 2 aromatic heterocycles. The van der Waals surface area contributed by atoms with Crippen molar-refractivity contribution in [1.82, 2.24) is 24.8 Å². The molecule has 9 nitrogen and oxygen atoms in total. The van der Waals surface area contributed by atoms with Gasteiger partial charge in [-0.3, -0.25) is 9.58 Å². The van der Waals surface area contributed by atoms with Crippen molar-refractivity contribution in [2.45, 2.75) is 58.1 Å². The number of carbonyl (C=O) groups is 1. The highest BCUT2D eigenvalue weighted by Gasteiger charge is 2.47. The number of nitrogens with zero attached hydrogens (tertiary/aromatic N) is 7. The topological polar surface area (TPSA) is 81.3 Å². The smallest absolute Gasteiger partial charge is 0.415 e. The minimum absolute atomic E-state index is 0.000376. The zero-order chi connectivity index (χ0) is 20.2. The Morgan fingerprint density at radius 1 is 1.20 bits per heavy atom. The number of rotatable bonds is 5. The number of amides is 1. The first kappa shape index (κ1) is 17.5. The first-order valence-corrected chi connectivity index (χ1v) is 10.5. The van der Waals surface area contributed by atoms with E-state index in [0.717, 1.165) is 38.2 Å². The molecule has 0 radical (unpaired) electrons. The molecule has 0 spiro atoms. The van der Waals surface area contributed by atoms with Crippen molar-refractivity contribution in [3.8, 4) is 0 Å². The van der Waals surface area contributed by atoms with Crippen molar-refractivity contribution in [3.63, 3.8) is 0 Å². The predicted molar refractivity (Wildman–Crippen MR) is 109 cm³/mol. The van der Waals surface area contributed by atoms with Gasteiger partial charge < -0.3 is 9.64 Å². The maximum atomic E-state index is 12.5. The zero-order valence-corrected chi connectivity index (χ0v) is 16.8. The molecule has 0 N–H and O–H groups in total. The fraction of sp³-hybridized carbons (Fsp3) is 0.429. The lowest BCUT2D eigenvalue weighted by atomic mass is 10.0. The van der Waals surface area contributed by atoms with Crippen LogP contribution in [0.4, 0.5) is 16.2 Å². The van der Waals surface area contributed by atoms with Gasteiger partial charge in [0.05, 0.1) is 36.7 Å². The molecule has 1 amide bonds. The Bertz CT molecular complexity index is 1080. The first-order valence-electron chi connectivity index (χ1n) is 10.5. The number of hydrogen-bond acceptors (Lipinski definition) is 6. The Morgan fingerprint density at radius 2 is 2.13 bits per heavy atom. The fourth-order valence-corrected chi connectivity index (χ4v) is 4.87. The summed E-state index contributed by atoms with van der Waals surface area (Å²) in [7, 11) is 0. The average molecular weight is 405 g/mol. The Balaban J connectivity index is 1.21. The molecule has 3 aliphatic heterocycles. The van der Waals surface area contributed by atoms with Crippen LogP contribution in [0.3, 0.4) is 0 Å². The van der Waals surface area contributed by atoms with Crippen molar-refractivity contribution in [1.29, 1.82) is 0 Å². The zero-order valence-electron chi connectivity index (χ0n) is 16.8. The number of cyclic esters (lactones) is 1. The largest absolute Gasteiger partial charge is 0.442 e. The van der Waals surface area contributed by atoms with E-state index in [4.69, 9.17) is 9.84 Å². The lowest BCUT2D eigenvalue weighted by molar-refractivity contribution is 0.117. The fourth-order valence-electron chi connectivity index (χ4n) is 4.87. The van der Waals surface area contributed by atoms with Crippen LogP contribution in [0.15, 0.2) is 36.8 Å². The maximum absolute atomic E-state index is 12.5. The van der Waals surface area contributed by atoms with Gasteiger partial charge in [-0.1, -0.05) is 12.1 Å². The molecule has 0 saturated carbocycles. The molecule has 3 aromatic rings. The molecule has 3 aliphatic rings. The van der Waals surface area contributed by atoms with Crippen molar-refractivity contribution in [2.75, 3.05) is 9.80 Å². The summed E-state index contributed by atoms with van der Waals surface area (Å²) in [6.07, 6.45) is 6.97. The van der Waals surface area contributed by atoms with Crippen LogP contribution in [0, 0.1) is 0 Å². The Labute approximate surface area is 173 Å². The van der Waals surface area contributed by atoms with Gasteiger partial charge in [0, 0.05) is 36.7 Å². The lowest BCUT2D eigenvalue weighted by Gasteiger charge is -2.19. The van der Waals surface area contributed by atoms with Crippen molar-refractivity contribution >= 4 is 17.5 Å². The van der Waals surface area contributed by atoms with Crippen molar-refractivity contribution in [3.05, 3.63) is 53.6 Å². The standard InChI is InChI=1S/C21H23N7O2/c1-2-6-26-11-15-10-25(12-17(15)23-26)16-3-4-18-14(8-16)9-19-20(30-21(29)28(18)19)13-27-7-5-22-24-27/h3-5,7-8,11,19-20H,2,6,9-10,12-13H2,1H3/t19-,20-/m0/s1. The maximum Gasteiger partial charge on any atom is 0.415 e. The van der Waals surface area contributed by atoms with Gasteiger partial charge in [-0.2, -0.15) is 5.10 Å². The monoisotopic (exact) mass is 405 g/mol. The van der Waals surface area contributed by atoms with E-state index in [-0.39, 0.29) is 18.2 Å². The molecule has 0 bridgehead atoms. The van der Waals surface area contributed by atoms with Crippen LogP contribution < -0.4 is 9.80 Å². The van der Waals surface area contributed by atoms with Crippen LogP contribution >= 0.6 is 0 Å². The Kier molecular flexibility index (Phi) is 3.84. The number of aromatic nitrogens is 5. The van der Waals surface area contributed by atoms with E-state index in [1.165, 1.54) is 22.5 Å². The van der Waals surface area contributed by atoms with Gasteiger partial charge in [0.25, 0.3) is 0 Å². The number of aryl methyl sites for hydroxylation is 1. The number of fused-ring (bicyclic) bond motifs is 4. The minimum atomic E-state index is -0.275. The third-order valence-corrected chi connectivity index (χ3v) is 6.24. The van der Waals surface area contributed by atoms with E-state index in [0.29, 0.717) is 6.54 Å². The summed E-state index contributed by atoms with van der Waals surface area (Å²) in [5.41, 5.74) is 5.80. The predicted octanol–water partition coefficient (Wildman–Crippen LogP) is 2.35. The van der Waals surface area contributed by atoms with E-state index >= 15 is 0 Å². The van der Waals surface area contributed by atoms with Gasteiger partial charge in [-0.25, -0.2) is 9.48 Å². The van der Waals surface area contributed by atoms with Gasteiger partial charge in [0.1, 0.15) is 6.10 Å². The number of benzene rings is 1. The Hall–Kier alpha value is -3.36. The summed E-state index contributed by atoms with van der Waals surface area (Å²) in [6.45, 7) is 5.36. The highest BCUT2D eigenvalue weighted by atomic mass is 16.6. The summed E-state index contributed by atoms with van der Waals surface area (Å²) in [6, 6.07) is 6.38. The quantitative estimate of drug-likeness (QED) is 0.648. The van der Waals surface area contributed by atoms with Crippen LogP contribution in [-0.4, -0.2) is 43.0 Å². The van der Waals surface area contributed by atoms with E-state index in [1.807, 2.05) is 0 Å². The second kappa shape index (κ2) is 6.58. The molecule has 9 heteroatoms. The van der Waals surface area contributed by atoms with Crippen LogP contribution in [0.5, 0.6) is 0 Å².